The highest BCUT2D eigenvalue weighted by atomic mass is 32.2. The van der Waals surface area contributed by atoms with E-state index >= 15 is 0 Å². The summed E-state index contributed by atoms with van der Waals surface area (Å²) in [5.41, 5.74) is 1.19. The number of benzene rings is 1. The molecule has 0 aliphatic heterocycles. The number of carbonyl (C=O) groups excluding carboxylic acids is 2. The summed E-state index contributed by atoms with van der Waals surface area (Å²) in [5.74, 6) is -0.953. The fraction of sp³-hybridized carbons (Fsp3) is 0.333. The van der Waals surface area contributed by atoms with Crippen molar-refractivity contribution in [3.8, 4) is 0 Å². The molecule has 0 fully saturated rings. The van der Waals surface area contributed by atoms with Gasteiger partial charge in [0.15, 0.2) is 0 Å². The molecule has 0 unspecified atom stereocenters. The van der Waals surface area contributed by atoms with Gasteiger partial charge in [-0.3, -0.25) is 9.59 Å². The molecule has 0 bridgehead atoms. The topological polar surface area (TPSA) is 92.3 Å². The first-order valence-corrected chi connectivity index (χ1v) is 8.58. The summed E-state index contributed by atoms with van der Waals surface area (Å²) in [6.45, 7) is 1.87. The van der Waals surface area contributed by atoms with Gasteiger partial charge < -0.3 is 5.32 Å². The first-order valence-electron chi connectivity index (χ1n) is 6.92. The third-order valence-corrected chi connectivity index (χ3v) is 4.19. The van der Waals surface area contributed by atoms with Crippen LogP contribution in [0.15, 0.2) is 30.3 Å². The number of sulfonamides is 1. The van der Waals surface area contributed by atoms with E-state index in [2.05, 4.69) is 5.32 Å². The van der Waals surface area contributed by atoms with Gasteiger partial charge in [-0.2, -0.15) is 0 Å². The minimum Gasteiger partial charge on any atom is -0.355 e. The van der Waals surface area contributed by atoms with Crippen molar-refractivity contribution in [3.05, 3.63) is 41.5 Å². The Morgan fingerprint density at radius 3 is 2.36 bits per heavy atom. The zero-order valence-electron chi connectivity index (χ0n) is 12.6. The molecule has 1 rings (SSSR count). The summed E-state index contributed by atoms with van der Waals surface area (Å²) in [7, 11) is -2.03. The Hall–Kier alpha value is -2.15. The van der Waals surface area contributed by atoms with E-state index in [9.17, 15) is 18.0 Å². The molecule has 0 atom stereocenters. The molecule has 0 aromatic heterocycles. The molecule has 0 heterocycles. The second-order valence-electron chi connectivity index (χ2n) is 4.67. The van der Waals surface area contributed by atoms with Crippen molar-refractivity contribution in [1.82, 2.24) is 10.0 Å². The van der Waals surface area contributed by atoms with E-state index in [1.54, 1.807) is 31.3 Å². The molecule has 0 saturated heterocycles. The van der Waals surface area contributed by atoms with Crippen molar-refractivity contribution in [3.63, 3.8) is 0 Å². The molecule has 0 radical (unpaired) electrons. The second-order valence-corrected chi connectivity index (χ2v) is 6.52. The summed E-state index contributed by atoms with van der Waals surface area (Å²) in [6.07, 6.45) is 3.88. The van der Waals surface area contributed by atoms with Crippen LogP contribution >= 0.6 is 0 Å². The van der Waals surface area contributed by atoms with Gasteiger partial charge in [0.2, 0.25) is 10.0 Å². The zero-order chi connectivity index (χ0) is 16.6. The average molecular weight is 324 g/mol. The summed E-state index contributed by atoms with van der Waals surface area (Å²) in [5, 5.41) is 2.51. The maximum atomic E-state index is 11.6. The quantitative estimate of drug-likeness (QED) is 0.740. The molecule has 22 heavy (non-hydrogen) atoms. The van der Waals surface area contributed by atoms with Crippen LogP contribution in [-0.2, 0) is 14.8 Å². The molecule has 0 aliphatic rings. The number of hydrogen-bond acceptors (Lipinski definition) is 4. The van der Waals surface area contributed by atoms with Crippen molar-refractivity contribution < 1.29 is 18.0 Å². The molecule has 0 aliphatic carbocycles. The predicted octanol–water partition coefficient (Wildman–Crippen LogP) is 1.31. The highest BCUT2D eigenvalue weighted by molar-refractivity contribution is 7.90. The third kappa shape index (κ3) is 6.09. The number of nitrogens with one attached hydrogen (secondary N) is 2. The van der Waals surface area contributed by atoms with Crippen molar-refractivity contribution in [1.29, 1.82) is 0 Å². The van der Waals surface area contributed by atoms with Crippen molar-refractivity contribution >= 4 is 27.9 Å². The van der Waals surface area contributed by atoms with Crippen LogP contribution in [0.4, 0.5) is 0 Å². The van der Waals surface area contributed by atoms with E-state index in [0.29, 0.717) is 17.5 Å². The largest absolute Gasteiger partial charge is 0.355 e. The molecule has 6 nitrogen and oxygen atoms in total. The average Bonchev–Trinajstić information content (AvgIpc) is 2.50. The van der Waals surface area contributed by atoms with E-state index in [0.717, 1.165) is 12.5 Å². The van der Waals surface area contributed by atoms with Crippen LogP contribution in [0.5, 0.6) is 0 Å². The highest BCUT2D eigenvalue weighted by Gasteiger charge is 2.11. The van der Waals surface area contributed by atoms with E-state index < -0.39 is 15.9 Å². The lowest BCUT2D eigenvalue weighted by atomic mass is 10.1. The first-order chi connectivity index (χ1) is 10.4. The van der Waals surface area contributed by atoms with Gasteiger partial charge in [-0.05, 0) is 30.2 Å². The van der Waals surface area contributed by atoms with Crippen molar-refractivity contribution in [2.45, 2.75) is 19.8 Å². The second kappa shape index (κ2) is 8.33. The zero-order valence-corrected chi connectivity index (χ0v) is 13.4. The molecule has 2 N–H and O–H groups in total. The molecule has 0 spiro atoms. The van der Waals surface area contributed by atoms with Gasteiger partial charge in [0.05, 0.1) is 5.75 Å². The fourth-order valence-corrected chi connectivity index (χ4v) is 2.78. The minimum atomic E-state index is -3.57. The van der Waals surface area contributed by atoms with Crippen LogP contribution in [0.3, 0.4) is 0 Å². The van der Waals surface area contributed by atoms with Gasteiger partial charge in [0.1, 0.15) is 0 Å². The number of amides is 2. The Morgan fingerprint density at radius 2 is 1.82 bits per heavy atom. The van der Waals surface area contributed by atoms with Gasteiger partial charge in [-0.1, -0.05) is 25.5 Å². The minimum absolute atomic E-state index is 0.0656. The third-order valence-electron chi connectivity index (χ3n) is 2.85. The lowest BCUT2D eigenvalue weighted by molar-refractivity contribution is -0.114. The van der Waals surface area contributed by atoms with Crippen molar-refractivity contribution in [2.75, 3.05) is 12.8 Å². The lowest BCUT2D eigenvalue weighted by Crippen LogP contribution is -2.31. The molecule has 0 saturated carbocycles. The van der Waals surface area contributed by atoms with Gasteiger partial charge in [0.25, 0.3) is 11.8 Å². The Kier molecular flexibility index (Phi) is 6.78. The fourth-order valence-electron chi connectivity index (χ4n) is 1.63. The first kappa shape index (κ1) is 17.9. The lowest BCUT2D eigenvalue weighted by Gasteiger charge is -2.03. The van der Waals surface area contributed by atoms with Crippen LogP contribution < -0.4 is 10.0 Å². The maximum absolute atomic E-state index is 11.6. The Bertz CT molecular complexity index is 649. The van der Waals surface area contributed by atoms with Crippen molar-refractivity contribution in [2.24, 2.45) is 0 Å². The summed E-state index contributed by atoms with van der Waals surface area (Å²) in [4.78, 5) is 22.9. The van der Waals surface area contributed by atoms with Crippen LogP contribution in [0, 0.1) is 0 Å². The number of carbonyl (C=O) groups is 2. The summed E-state index contributed by atoms with van der Waals surface area (Å²) >= 11 is 0. The number of hydrogen-bond donors (Lipinski definition) is 2. The molecular formula is C15H20N2O4S. The SMILES string of the molecule is CCCCS(=O)(=O)NC(=O)/C=C\c1ccc(C(=O)NC)cc1. The summed E-state index contributed by atoms with van der Waals surface area (Å²) in [6, 6.07) is 6.57. The molecule has 2 amide bonds. The van der Waals surface area contributed by atoms with Gasteiger partial charge in [-0.25, -0.2) is 13.1 Å². The molecule has 1 aromatic rings. The van der Waals surface area contributed by atoms with E-state index in [1.165, 1.54) is 6.08 Å². The Balaban J connectivity index is 2.64. The normalized spacial score (nSPS) is 11.4. The molecule has 1 aromatic carbocycles. The van der Waals surface area contributed by atoms with Crippen LogP contribution in [0.1, 0.15) is 35.7 Å². The van der Waals surface area contributed by atoms with E-state index in [1.807, 2.05) is 11.6 Å². The van der Waals surface area contributed by atoms with E-state index in [-0.39, 0.29) is 11.7 Å². The van der Waals surface area contributed by atoms with Gasteiger partial charge in [-0.15, -0.1) is 0 Å². The summed E-state index contributed by atoms with van der Waals surface area (Å²) < 4.78 is 25.1. The molecule has 7 heteroatoms. The maximum Gasteiger partial charge on any atom is 0.257 e. The van der Waals surface area contributed by atoms with Gasteiger partial charge in [0, 0.05) is 18.7 Å². The van der Waals surface area contributed by atoms with Crippen LogP contribution in [-0.4, -0.2) is 33.0 Å². The Morgan fingerprint density at radius 1 is 1.18 bits per heavy atom. The molecular weight excluding hydrogens is 304 g/mol. The highest BCUT2D eigenvalue weighted by Crippen LogP contribution is 2.06. The van der Waals surface area contributed by atoms with Crippen LogP contribution in [0.2, 0.25) is 0 Å². The monoisotopic (exact) mass is 324 g/mol. The van der Waals surface area contributed by atoms with Gasteiger partial charge >= 0.3 is 0 Å². The predicted molar refractivity (Wildman–Crippen MR) is 85.7 cm³/mol. The van der Waals surface area contributed by atoms with E-state index in [4.69, 9.17) is 0 Å². The standard InChI is InChI=1S/C15H20N2O4S/c1-3-4-11-22(20,21)17-14(18)10-7-12-5-8-13(9-6-12)15(19)16-2/h5-10H,3-4,11H2,1-2H3,(H,16,19)(H,17,18)/b10-7-. The smallest absolute Gasteiger partial charge is 0.257 e. The van der Waals surface area contributed by atoms with Crippen LogP contribution in [0.25, 0.3) is 6.08 Å². The molecule has 120 valence electrons. The Labute approximate surface area is 130 Å². The number of rotatable bonds is 7. The number of unbranched alkanes of at least 4 members (excludes halogenated alkanes) is 1.